The van der Waals surface area contributed by atoms with Crippen LogP contribution >= 0.6 is 0 Å². The maximum atomic E-state index is 11.4. The highest BCUT2D eigenvalue weighted by atomic mass is 32.2. The average molecular weight is 394 g/mol. The monoisotopic (exact) mass is 394 g/mol. The first kappa shape index (κ1) is 18.6. The molecule has 0 heterocycles. The molecule has 0 bridgehead atoms. The lowest BCUT2D eigenvalue weighted by Crippen LogP contribution is -2.42. The van der Waals surface area contributed by atoms with Crippen LogP contribution in [0.4, 0.5) is 0 Å². The Morgan fingerprint density at radius 1 is 1.22 bits per heavy atom. The van der Waals surface area contributed by atoms with Crippen molar-refractivity contribution in [2.24, 2.45) is 27.5 Å². The Labute approximate surface area is 159 Å². The molecule has 4 rings (SSSR count). The van der Waals surface area contributed by atoms with Gasteiger partial charge in [0.15, 0.2) is 11.5 Å². The van der Waals surface area contributed by atoms with E-state index in [1.807, 2.05) is 6.07 Å². The van der Waals surface area contributed by atoms with E-state index in [0.717, 1.165) is 49.8 Å². The summed E-state index contributed by atoms with van der Waals surface area (Å²) >= 11 is 0. The third kappa shape index (κ3) is 2.99. The van der Waals surface area contributed by atoms with Crippen molar-refractivity contribution < 1.29 is 22.5 Å². The third-order valence-corrected chi connectivity index (χ3v) is 7.49. The smallest absolute Gasteiger partial charge is 0.380 e. The molecule has 3 aliphatic carbocycles. The number of oxime groups is 1. The van der Waals surface area contributed by atoms with Crippen molar-refractivity contribution in [3.8, 4) is 11.5 Å². The largest absolute Gasteiger partial charge is 0.493 e. The number of nitrogens with zero attached hydrogens (tertiary/aromatic N) is 1. The normalized spacial score (nSPS) is 33.9. The molecule has 0 unspecified atom stereocenters. The fourth-order valence-electron chi connectivity index (χ4n) is 5.88. The first-order chi connectivity index (χ1) is 12.8. The van der Waals surface area contributed by atoms with Gasteiger partial charge in [-0.1, -0.05) is 12.1 Å². The van der Waals surface area contributed by atoms with E-state index >= 15 is 0 Å². The molecule has 0 aliphatic heterocycles. The van der Waals surface area contributed by atoms with E-state index in [0.29, 0.717) is 23.5 Å². The molecule has 148 valence electrons. The molecule has 3 aliphatic rings. The molecule has 3 N–H and O–H groups in total. The van der Waals surface area contributed by atoms with Gasteiger partial charge in [-0.2, -0.15) is 13.6 Å². The van der Waals surface area contributed by atoms with Crippen LogP contribution in [-0.4, -0.2) is 26.4 Å². The molecule has 7 nitrogen and oxygen atoms in total. The first-order valence-electron chi connectivity index (χ1n) is 9.41. The summed E-state index contributed by atoms with van der Waals surface area (Å²) in [6.45, 7) is 2.25. The van der Waals surface area contributed by atoms with Gasteiger partial charge in [0, 0.05) is 5.41 Å². The van der Waals surface area contributed by atoms with Crippen LogP contribution in [0.2, 0.25) is 0 Å². The minimum Gasteiger partial charge on any atom is -0.493 e. The summed E-state index contributed by atoms with van der Waals surface area (Å²) in [5.41, 5.74) is 3.27. The number of benzene rings is 1. The van der Waals surface area contributed by atoms with Gasteiger partial charge in [0.25, 0.3) is 0 Å². The minimum atomic E-state index is -4.11. The van der Waals surface area contributed by atoms with Crippen molar-refractivity contribution >= 4 is 16.0 Å². The maximum Gasteiger partial charge on any atom is 0.380 e. The molecule has 0 spiro atoms. The van der Waals surface area contributed by atoms with Crippen molar-refractivity contribution in [2.45, 2.75) is 51.4 Å². The van der Waals surface area contributed by atoms with Crippen LogP contribution in [-0.2, 0) is 16.7 Å². The molecule has 1 aromatic rings. The van der Waals surface area contributed by atoms with Crippen LogP contribution in [0.25, 0.3) is 0 Å². The van der Waals surface area contributed by atoms with Gasteiger partial charge in [0.2, 0.25) is 0 Å². The second-order valence-electron chi connectivity index (χ2n) is 8.24. The quantitative estimate of drug-likeness (QED) is 0.605. The molecular formula is C19H26N2O5S. The molecular weight excluding hydrogens is 368 g/mol. The van der Waals surface area contributed by atoms with Gasteiger partial charge in [-0.3, -0.25) is 0 Å². The van der Waals surface area contributed by atoms with Crippen LogP contribution in [0.3, 0.4) is 0 Å². The van der Waals surface area contributed by atoms with E-state index < -0.39 is 10.3 Å². The van der Waals surface area contributed by atoms with Crippen LogP contribution in [0.5, 0.6) is 11.5 Å². The van der Waals surface area contributed by atoms with E-state index in [-0.39, 0.29) is 11.2 Å². The summed E-state index contributed by atoms with van der Waals surface area (Å²) in [6.07, 6.45) is 5.85. The second kappa shape index (κ2) is 6.38. The molecule has 27 heavy (non-hydrogen) atoms. The highest BCUT2D eigenvalue weighted by molar-refractivity contribution is 7.84. The lowest BCUT2D eigenvalue weighted by atomic mass is 9.55. The maximum absolute atomic E-state index is 11.4. The zero-order chi connectivity index (χ0) is 19.4. The molecule has 0 amide bonds. The zero-order valence-electron chi connectivity index (χ0n) is 15.6. The van der Waals surface area contributed by atoms with E-state index in [4.69, 9.17) is 14.1 Å². The molecule has 4 atom stereocenters. The summed E-state index contributed by atoms with van der Waals surface area (Å²) < 4.78 is 33.0. The summed E-state index contributed by atoms with van der Waals surface area (Å²) in [4.78, 5) is 0. The van der Waals surface area contributed by atoms with Crippen molar-refractivity contribution in [3.05, 3.63) is 23.3 Å². The molecule has 1 aromatic carbocycles. The van der Waals surface area contributed by atoms with E-state index in [2.05, 4.69) is 12.1 Å². The van der Waals surface area contributed by atoms with E-state index in [9.17, 15) is 13.6 Å². The molecule has 8 heteroatoms. The summed E-state index contributed by atoms with van der Waals surface area (Å²) in [7, 11) is -2.61. The summed E-state index contributed by atoms with van der Waals surface area (Å²) in [5.74, 6) is 1.99. The lowest BCUT2D eigenvalue weighted by Gasteiger charge is -2.49. The number of hydrogen-bond donors (Lipinski definition) is 2. The second-order valence-corrected chi connectivity index (χ2v) is 9.39. The van der Waals surface area contributed by atoms with Gasteiger partial charge in [-0.25, -0.2) is 0 Å². The van der Waals surface area contributed by atoms with E-state index in [1.165, 1.54) is 12.7 Å². The minimum absolute atomic E-state index is 0.00577. The Kier molecular flexibility index (Phi) is 4.38. The SMILES string of the molecule is COc1cc2c(cc1OS(N)(=O)=O)CC[C@@H]1[C@@H]2CC[C@]2(C)/C(=N/O)CC[C@@H]12. The Balaban J connectivity index is 1.71. The van der Waals surface area contributed by atoms with Gasteiger partial charge in [-0.05, 0) is 79.5 Å². The summed E-state index contributed by atoms with van der Waals surface area (Å²) in [6, 6.07) is 3.68. The number of rotatable bonds is 3. The standard InChI is InChI=1S/C19H26N2O5S/c1-19-8-7-12-13(15(19)5-6-18(19)21-22)4-3-11-9-17(26-27(20,23)24)16(25-2)10-14(11)12/h9-10,12-13,15,22H,3-8H2,1-2H3,(H2,20,23,24)/b21-18+/t12-,13+,15-,19-/m0/s1. The van der Waals surface area contributed by atoms with Crippen LogP contribution < -0.4 is 14.1 Å². The Morgan fingerprint density at radius 2 is 2.00 bits per heavy atom. The highest BCUT2D eigenvalue weighted by Gasteiger charge is 2.53. The number of hydrogen-bond acceptors (Lipinski definition) is 6. The molecule has 2 saturated carbocycles. The molecule has 0 saturated heterocycles. The number of methoxy groups -OCH3 is 1. The van der Waals surface area contributed by atoms with Gasteiger partial charge in [-0.15, -0.1) is 0 Å². The van der Waals surface area contributed by atoms with E-state index in [1.54, 1.807) is 6.07 Å². The van der Waals surface area contributed by atoms with Crippen molar-refractivity contribution in [3.63, 3.8) is 0 Å². The van der Waals surface area contributed by atoms with Crippen LogP contribution in [0.1, 0.15) is 56.1 Å². The van der Waals surface area contributed by atoms with Gasteiger partial charge in [0.05, 0.1) is 12.8 Å². The van der Waals surface area contributed by atoms with Gasteiger partial charge >= 0.3 is 10.3 Å². The highest BCUT2D eigenvalue weighted by Crippen LogP contribution is 2.60. The zero-order valence-corrected chi connectivity index (χ0v) is 16.5. The van der Waals surface area contributed by atoms with Crippen molar-refractivity contribution in [2.75, 3.05) is 7.11 Å². The number of fused-ring (bicyclic) bond motifs is 5. The fourth-order valence-corrected chi connectivity index (χ4v) is 6.26. The van der Waals surface area contributed by atoms with Crippen LogP contribution in [0.15, 0.2) is 17.3 Å². The van der Waals surface area contributed by atoms with Crippen LogP contribution in [0, 0.1) is 17.3 Å². The predicted octanol–water partition coefficient (Wildman–Crippen LogP) is 2.96. The van der Waals surface area contributed by atoms with Gasteiger partial charge in [0.1, 0.15) is 0 Å². The number of ether oxygens (including phenoxy) is 1. The Hall–Kier alpha value is -1.80. The molecule has 2 fully saturated rings. The molecule has 0 radical (unpaired) electrons. The third-order valence-electron chi connectivity index (χ3n) is 7.08. The number of aryl methyl sites for hydroxylation is 1. The Morgan fingerprint density at radius 3 is 2.67 bits per heavy atom. The lowest BCUT2D eigenvalue weighted by molar-refractivity contribution is 0.0937. The average Bonchev–Trinajstić information content (AvgIpc) is 2.95. The van der Waals surface area contributed by atoms with Crippen molar-refractivity contribution in [1.29, 1.82) is 0 Å². The predicted molar refractivity (Wildman–Crippen MR) is 101 cm³/mol. The van der Waals surface area contributed by atoms with Gasteiger partial charge < -0.3 is 14.1 Å². The first-order valence-corrected chi connectivity index (χ1v) is 10.9. The van der Waals surface area contributed by atoms with Crippen molar-refractivity contribution in [1.82, 2.24) is 0 Å². The fraction of sp³-hybridized carbons (Fsp3) is 0.632. The summed E-state index contributed by atoms with van der Waals surface area (Å²) in [5, 5.41) is 18.1. The topological polar surface area (TPSA) is 111 Å². The Bertz CT molecular complexity index is 898. The number of nitrogens with two attached hydrogens (primary N) is 1. The molecule has 0 aromatic heterocycles.